The number of aliphatic hydroxyl groups excluding tert-OH is 1. The molecule has 0 heterocycles. The molecule has 0 bridgehead atoms. The zero-order chi connectivity index (χ0) is 11.2. The van der Waals surface area contributed by atoms with E-state index in [9.17, 15) is 4.79 Å². The van der Waals surface area contributed by atoms with Crippen molar-refractivity contribution in [1.29, 1.82) is 0 Å². The van der Waals surface area contributed by atoms with E-state index in [4.69, 9.17) is 5.11 Å². The molecule has 0 spiro atoms. The van der Waals surface area contributed by atoms with Crippen LogP contribution in [0.1, 0.15) is 46.5 Å². The third-order valence-corrected chi connectivity index (χ3v) is 2.66. The van der Waals surface area contributed by atoms with Crippen molar-refractivity contribution in [3.05, 3.63) is 0 Å². The molecular formula is C11H23NO2. The second-order valence-electron chi connectivity index (χ2n) is 4.38. The minimum absolute atomic E-state index is 0.00299. The second kappa shape index (κ2) is 6.02. The highest BCUT2D eigenvalue weighted by molar-refractivity contribution is 5.76. The molecule has 0 aromatic rings. The number of aliphatic hydroxyl groups is 1. The fourth-order valence-corrected chi connectivity index (χ4v) is 1.14. The van der Waals surface area contributed by atoms with E-state index in [0.717, 1.165) is 19.3 Å². The van der Waals surface area contributed by atoms with E-state index in [1.165, 1.54) is 0 Å². The third kappa shape index (κ3) is 4.09. The van der Waals surface area contributed by atoms with Crippen LogP contribution in [0.3, 0.4) is 0 Å². The summed E-state index contributed by atoms with van der Waals surface area (Å²) in [5.41, 5.74) is -0.441. The SMILES string of the molecule is CCCCCC(=O)N(C)C(C)(C)CO. The first kappa shape index (κ1) is 13.4. The summed E-state index contributed by atoms with van der Waals surface area (Å²) in [6.45, 7) is 5.85. The summed E-state index contributed by atoms with van der Waals surface area (Å²) >= 11 is 0. The van der Waals surface area contributed by atoms with Gasteiger partial charge in [0, 0.05) is 13.5 Å². The fourth-order valence-electron chi connectivity index (χ4n) is 1.14. The van der Waals surface area contributed by atoms with E-state index in [2.05, 4.69) is 6.92 Å². The van der Waals surface area contributed by atoms with Crippen molar-refractivity contribution in [2.24, 2.45) is 0 Å². The molecule has 0 rings (SSSR count). The number of carbonyl (C=O) groups excluding carboxylic acids is 1. The van der Waals surface area contributed by atoms with Crippen LogP contribution in [-0.2, 0) is 4.79 Å². The number of carbonyl (C=O) groups is 1. The van der Waals surface area contributed by atoms with Gasteiger partial charge in [0.05, 0.1) is 12.1 Å². The van der Waals surface area contributed by atoms with Crippen LogP contribution in [-0.4, -0.2) is 35.1 Å². The van der Waals surface area contributed by atoms with Crippen molar-refractivity contribution >= 4 is 5.91 Å². The van der Waals surface area contributed by atoms with Gasteiger partial charge in [-0.25, -0.2) is 0 Å². The predicted molar refractivity (Wildman–Crippen MR) is 58.1 cm³/mol. The van der Waals surface area contributed by atoms with Gasteiger partial charge in [0.2, 0.25) is 5.91 Å². The van der Waals surface area contributed by atoms with Crippen LogP contribution in [0.25, 0.3) is 0 Å². The van der Waals surface area contributed by atoms with Crippen LogP contribution in [0.5, 0.6) is 0 Å². The Labute approximate surface area is 87.1 Å². The molecule has 3 heteroatoms. The summed E-state index contributed by atoms with van der Waals surface area (Å²) < 4.78 is 0. The summed E-state index contributed by atoms with van der Waals surface area (Å²) in [6.07, 6.45) is 3.76. The zero-order valence-corrected chi connectivity index (χ0v) is 9.84. The van der Waals surface area contributed by atoms with E-state index in [1.54, 1.807) is 11.9 Å². The lowest BCUT2D eigenvalue weighted by Gasteiger charge is -2.34. The van der Waals surface area contributed by atoms with Gasteiger partial charge in [-0.3, -0.25) is 4.79 Å². The maximum atomic E-state index is 11.6. The summed E-state index contributed by atoms with van der Waals surface area (Å²) in [5.74, 6) is 0.123. The van der Waals surface area contributed by atoms with E-state index in [0.29, 0.717) is 6.42 Å². The number of likely N-dealkylation sites (N-methyl/N-ethyl adjacent to an activating group) is 1. The van der Waals surface area contributed by atoms with Gasteiger partial charge in [0.15, 0.2) is 0 Å². The number of unbranched alkanes of at least 4 members (excludes halogenated alkanes) is 2. The number of rotatable bonds is 6. The van der Waals surface area contributed by atoms with Crippen molar-refractivity contribution in [1.82, 2.24) is 4.90 Å². The van der Waals surface area contributed by atoms with E-state index < -0.39 is 5.54 Å². The standard InChI is InChI=1S/C11H23NO2/c1-5-6-7-8-10(14)12(4)11(2,3)9-13/h13H,5-9H2,1-4H3. The molecule has 1 N–H and O–H groups in total. The normalized spacial score (nSPS) is 11.5. The van der Waals surface area contributed by atoms with Gasteiger partial charge in [-0.2, -0.15) is 0 Å². The minimum Gasteiger partial charge on any atom is -0.394 e. The molecular weight excluding hydrogens is 178 g/mol. The summed E-state index contributed by atoms with van der Waals surface area (Å²) in [6, 6.07) is 0. The second-order valence-corrected chi connectivity index (χ2v) is 4.38. The van der Waals surface area contributed by atoms with E-state index in [-0.39, 0.29) is 12.5 Å². The van der Waals surface area contributed by atoms with E-state index >= 15 is 0 Å². The molecule has 0 unspecified atom stereocenters. The van der Waals surface area contributed by atoms with Gasteiger partial charge in [-0.05, 0) is 20.3 Å². The molecule has 0 aromatic carbocycles. The van der Waals surface area contributed by atoms with Crippen molar-refractivity contribution in [2.45, 2.75) is 52.0 Å². The van der Waals surface area contributed by atoms with Gasteiger partial charge in [0.1, 0.15) is 0 Å². The summed E-state index contributed by atoms with van der Waals surface area (Å²) in [5, 5.41) is 9.09. The molecule has 0 aliphatic heterocycles. The lowest BCUT2D eigenvalue weighted by molar-refractivity contribution is -0.136. The molecule has 14 heavy (non-hydrogen) atoms. The maximum absolute atomic E-state index is 11.6. The van der Waals surface area contributed by atoms with Crippen LogP contribution >= 0.6 is 0 Å². The quantitative estimate of drug-likeness (QED) is 0.666. The Kier molecular flexibility index (Phi) is 5.77. The molecule has 1 amide bonds. The topological polar surface area (TPSA) is 40.5 Å². The summed E-state index contributed by atoms with van der Waals surface area (Å²) in [7, 11) is 1.75. The van der Waals surface area contributed by atoms with Crippen molar-refractivity contribution in [2.75, 3.05) is 13.7 Å². The average Bonchev–Trinajstić information content (AvgIpc) is 2.17. The Morgan fingerprint density at radius 3 is 2.36 bits per heavy atom. The lowest BCUT2D eigenvalue weighted by Crippen LogP contribution is -2.47. The highest BCUT2D eigenvalue weighted by Crippen LogP contribution is 2.13. The van der Waals surface area contributed by atoms with Crippen molar-refractivity contribution in [3.63, 3.8) is 0 Å². The number of nitrogens with zero attached hydrogens (tertiary/aromatic N) is 1. The first-order chi connectivity index (χ1) is 6.45. The fraction of sp³-hybridized carbons (Fsp3) is 0.909. The minimum atomic E-state index is -0.441. The molecule has 0 aliphatic carbocycles. The molecule has 84 valence electrons. The zero-order valence-electron chi connectivity index (χ0n) is 9.84. The highest BCUT2D eigenvalue weighted by atomic mass is 16.3. The van der Waals surface area contributed by atoms with Crippen molar-refractivity contribution in [3.8, 4) is 0 Å². The van der Waals surface area contributed by atoms with Crippen LogP contribution < -0.4 is 0 Å². The molecule has 0 saturated carbocycles. The predicted octanol–water partition coefficient (Wildman–Crippen LogP) is 1.80. The summed E-state index contributed by atoms with van der Waals surface area (Å²) in [4.78, 5) is 13.3. The average molecular weight is 201 g/mol. The molecule has 0 atom stereocenters. The third-order valence-electron chi connectivity index (χ3n) is 2.66. The molecule has 0 fully saturated rings. The van der Waals surface area contributed by atoms with Crippen LogP contribution in [0, 0.1) is 0 Å². The molecule has 3 nitrogen and oxygen atoms in total. The smallest absolute Gasteiger partial charge is 0.222 e. The first-order valence-electron chi connectivity index (χ1n) is 5.33. The van der Waals surface area contributed by atoms with Gasteiger partial charge in [0.25, 0.3) is 0 Å². The van der Waals surface area contributed by atoms with Gasteiger partial charge >= 0.3 is 0 Å². The van der Waals surface area contributed by atoms with Crippen LogP contribution in [0.4, 0.5) is 0 Å². The molecule has 0 radical (unpaired) electrons. The Balaban J connectivity index is 3.99. The van der Waals surface area contributed by atoms with Crippen LogP contribution in [0.2, 0.25) is 0 Å². The van der Waals surface area contributed by atoms with E-state index in [1.807, 2.05) is 13.8 Å². The molecule has 0 saturated heterocycles. The molecule has 0 aliphatic rings. The molecule has 0 aromatic heterocycles. The maximum Gasteiger partial charge on any atom is 0.222 e. The van der Waals surface area contributed by atoms with Crippen LogP contribution in [0.15, 0.2) is 0 Å². The monoisotopic (exact) mass is 201 g/mol. The number of hydrogen-bond donors (Lipinski definition) is 1. The van der Waals surface area contributed by atoms with Gasteiger partial charge < -0.3 is 10.0 Å². The highest BCUT2D eigenvalue weighted by Gasteiger charge is 2.25. The number of hydrogen-bond acceptors (Lipinski definition) is 2. The Hall–Kier alpha value is -0.570. The van der Waals surface area contributed by atoms with Crippen molar-refractivity contribution < 1.29 is 9.90 Å². The Morgan fingerprint density at radius 2 is 1.93 bits per heavy atom. The Morgan fingerprint density at radius 1 is 1.36 bits per heavy atom. The first-order valence-corrected chi connectivity index (χ1v) is 5.33. The van der Waals surface area contributed by atoms with Gasteiger partial charge in [-0.1, -0.05) is 19.8 Å². The van der Waals surface area contributed by atoms with Gasteiger partial charge in [-0.15, -0.1) is 0 Å². The number of amides is 1. The largest absolute Gasteiger partial charge is 0.394 e. The lowest BCUT2D eigenvalue weighted by atomic mass is 10.0. The Bertz CT molecular complexity index is 178.